The van der Waals surface area contributed by atoms with Crippen molar-refractivity contribution >= 4 is 11.3 Å². The summed E-state index contributed by atoms with van der Waals surface area (Å²) in [5, 5.41) is 20.6. The molecule has 0 spiro atoms. The average Bonchev–Trinajstić information content (AvgIpc) is 2.86. The molecule has 0 bridgehead atoms. The molecule has 0 aromatic carbocycles. The maximum atomic E-state index is 9.32. The first-order valence-electron chi connectivity index (χ1n) is 4.19. The van der Waals surface area contributed by atoms with Gasteiger partial charge < -0.3 is 15.2 Å². The molecule has 74 valence electrons. The Hall–Kier alpha value is -1.17. The fraction of sp³-hybridized carbons (Fsp3) is 0.222. The van der Waals surface area contributed by atoms with Gasteiger partial charge in [0.15, 0.2) is 0 Å². The van der Waals surface area contributed by atoms with Crippen LogP contribution in [-0.2, 0) is 0 Å². The molecule has 2 aromatic rings. The van der Waals surface area contributed by atoms with Crippen LogP contribution in [0, 0.1) is 0 Å². The second-order valence-electron chi connectivity index (χ2n) is 2.86. The van der Waals surface area contributed by atoms with E-state index in [2.05, 4.69) is 9.97 Å². The van der Waals surface area contributed by atoms with Gasteiger partial charge in [0.1, 0.15) is 11.1 Å². The number of hydrogen-bond donors (Lipinski definition) is 3. The topological polar surface area (TPSA) is 69.1 Å². The first kappa shape index (κ1) is 9.39. The Morgan fingerprint density at radius 1 is 1.57 bits per heavy atom. The second kappa shape index (κ2) is 3.91. The molecule has 0 saturated carbocycles. The molecule has 0 amide bonds. The Morgan fingerprint density at radius 2 is 2.43 bits per heavy atom. The molecule has 0 radical (unpaired) electrons. The van der Waals surface area contributed by atoms with Crippen LogP contribution in [0.3, 0.4) is 0 Å². The summed E-state index contributed by atoms with van der Waals surface area (Å²) < 4.78 is 0. The van der Waals surface area contributed by atoms with Gasteiger partial charge in [0.2, 0.25) is 0 Å². The van der Waals surface area contributed by atoms with Crippen LogP contribution >= 0.6 is 11.3 Å². The van der Waals surface area contributed by atoms with Crippen molar-refractivity contribution in [3.05, 3.63) is 29.4 Å². The Labute approximate surface area is 84.9 Å². The molecule has 14 heavy (non-hydrogen) atoms. The number of aromatic amines is 1. The molecule has 0 aliphatic rings. The summed E-state index contributed by atoms with van der Waals surface area (Å²) in [4.78, 5) is 7.23. The summed E-state index contributed by atoms with van der Waals surface area (Å²) in [6.45, 7) is -0.298. The van der Waals surface area contributed by atoms with E-state index >= 15 is 0 Å². The highest BCUT2D eigenvalue weighted by molar-refractivity contribution is 7.13. The second-order valence-corrected chi connectivity index (χ2v) is 3.72. The van der Waals surface area contributed by atoms with Gasteiger partial charge in [-0.1, -0.05) is 0 Å². The number of hydrogen-bond acceptors (Lipinski definition) is 4. The predicted octanol–water partition coefficient (Wildman–Crippen LogP) is 1.16. The maximum Gasteiger partial charge on any atom is 0.140 e. The van der Waals surface area contributed by atoms with E-state index in [1.165, 1.54) is 11.3 Å². The lowest BCUT2D eigenvalue weighted by atomic mass is 10.3. The summed E-state index contributed by atoms with van der Waals surface area (Å²) in [5.41, 5.74) is 1.44. The first-order valence-corrected chi connectivity index (χ1v) is 5.07. The fourth-order valence-corrected chi connectivity index (χ4v) is 1.97. The zero-order valence-electron chi connectivity index (χ0n) is 7.34. The van der Waals surface area contributed by atoms with Crippen molar-refractivity contribution in [3.63, 3.8) is 0 Å². The molecule has 2 heterocycles. The molecule has 2 aromatic heterocycles. The Kier molecular flexibility index (Phi) is 2.62. The molecule has 0 fully saturated rings. The maximum absolute atomic E-state index is 9.32. The number of rotatable bonds is 3. The Morgan fingerprint density at radius 3 is 3.07 bits per heavy atom. The van der Waals surface area contributed by atoms with E-state index in [9.17, 15) is 5.11 Å². The minimum Gasteiger partial charge on any atom is -0.393 e. The van der Waals surface area contributed by atoms with Gasteiger partial charge in [0.25, 0.3) is 0 Å². The van der Waals surface area contributed by atoms with Crippen molar-refractivity contribution in [3.8, 4) is 10.7 Å². The average molecular weight is 210 g/mol. The van der Waals surface area contributed by atoms with Gasteiger partial charge in [0.05, 0.1) is 18.0 Å². The van der Waals surface area contributed by atoms with E-state index in [1.807, 2.05) is 18.3 Å². The van der Waals surface area contributed by atoms with Crippen molar-refractivity contribution < 1.29 is 10.2 Å². The van der Waals surface area contributed by atoms with Crippen LogP contribution in [0.5, 0.6) is 0 Å². The minimum atomic E-state index is -0.880. The number of nitrogens with zero attached hydrogens (tertiary/aromatic N) is 1. The quantitative estimate of drug-likeness (QED) is 0.712. The molecule has 2 rings (SSSR count). The van der Waals surface area contributed by atoms with Crippen molar-refractivity contribution in [2.75, 3.05) is 6.61 Å². The summed E-state index contributed by atoms with van der Waals surface area (Å²) in [6, 6.07) is 3.80. The monoisotopic (exact) mass is 210 g/mol. The molecule has 0 aliphatic heterocycles. The largest absolute Gasteiger partial charge is 0.393 e. The van der Waals surface area contributed by atoms with Crippen molar-refractivity contribution in [2.45, 2.75) is 6.10 Å². The number of nitrogens with one attached hydrogen (secondary N) is 1. The van der Waals surface area contributed by atoms with E-state index in [1.54, 1.807) is 5.38 Å². The summed E-state index contributed by atoms with van der Waals surface area (Å²) in [5.74, 6) is 0. The van der Waals surface area contributed by atoms with Crippen molar-refractivity contribution in [1.29, 1.82) is 0 Å². The molecule has 4 nitrogen and oxygen atoms in total. The van der Waals surface area contributed by atoms with Crippen LogP contribution < -0.4 is 0 Å². The number of thiazole rings is 1. The van der Waals surface area contributed by atoms with E-state index in [0.717, 1.165) is 10.7 Å². The highest BCUT2D eigenvalue weighted by Crippen LogP contribution is 2.24. The lowest BCUT2D eigenvalue weighted by molar-refractivity contribution is 0.0928. The third-order valence-electron chi connectivity index (χ3n) is 1.86. The van der Waals surface area contributed by atoms with Crippen LogP contribution in [0.15, 0.2) is 23.7 Å². The minimum absolute atomic E-state index is 0.298. The number of H-pyrrole nitrogens is 1. The van der Waals surface area contributed by atoms with Gasteiger partial charge in [-0.05, 0) is 12.1 Å². The van der Waals surface area contributed by atoms with E-state index in [4.69, 9.17) is 5.11 Å². The smallest absolute Gasteiger partial charge is 0.140 e. The third kappa shape index (κ3) is 1.70. The van der Waals surface area contributed by atoms with Gasteiger partial charge in [-0.25, -0.2) is 4.98 Å². The lowest BCUT2D eigenvalue weighted by Crippen LogP contribution is -2.02. The first-order chi connectivity index (χ1) is 6.81. The number of aliphatic hydroxyl groups excluding tert-OH is 2. The SMILES string of the molecule is OCC(O)c1csc(-c2ccc[nH]2)n1. The van der Waals surface area contributed by atoms with E-state index in [-0.39, 0.29) is 6.61 Å². The van der Waals surface area contributed by atoms with Gasteiger partial charge in [-0.15, -0.1) is 11.3 Å². The molecule has 5 heteroatoms. The highest BCUT2D eigenvalue weighted by atomic mass is 32.1. The lowest BCUT2D eigenvalue weighted by Gasteiger charge is -2.00. The van der Waals surface area contributed by atoms with Crippen LogP contribution in [0.1, 0.15) is 11.8 Å². The van der Waals surface area contributed by atoms with Crippen molar-refractivity contribution in [1.82, 2.24) is 9.97 Å². The standard InChI is InChI=1S/C9H10N2O2S/c12-4-8(13)7-5-14-9(11-7)6-2-1-3-10-6/h1-3,5,8,10,12-13H,4H2. The number of aromatic nitrogens is 2. The molecule has 0 saturated heterocycles. The van der Waals surface area contributed by atoms with E-state index in [0.29, 0.717) is 5.69 Å². The zero-order valence-corrected chi connectivity index (χ0v) is 8.16. The van der Waals surface area contributed by atoms with Crippen LogP contribution in [-0.4, -0.2) is 26.8 Å². The Bertz CT molecular complexity index is 397. The molecule has 1 unspecified atom stereocenters. The summed E-state index contributed by atoms with van der Waals surface area (Å²) in [6.07, 6.45) is 0.939. The van der Waals surface area contributed by atoms with Crippen LogP contribution in [0.4, 0.5) is 0 Å². The fourth-order valence-electron chi connectivity index (χ4n) is 1.12. The van der Waals surface area contributed by atoms with Crippen molar-refractivity contribution in [2.24, 2.45) is 0 Å². The van der Waals surface area contributed by atoms with Crippen LogP contribution in [0.2, 0.25) is 0 Å². The van der Waals surface area contributed by atoms with Gasteiger partial charge in [-0.2, -0.15) is 0 Å². The molecule has 0 aliphatic carbocycles. The zero-order chi connectivity index (χ0) is 9.97. The predicted molar refractivity (Wildman–Crippen MR) is 53.9 cm³/mol. The molecule has 1 atom stereocenters. The normalized spacial score (nSPS) is 13.0. The summed E-state index contributed by atoms with van der Waals surface area (Å²) in [7, 11) is 0. The van der Waals surface area contributed by atoms with Crippen LogP contribution in [0.25, 0.3) is 10.7 Å². The van der Waals surface area contributed by atoms with Gasteiger partial charge in [-0.3, -0.25) is 0 Å². The highest BCUT2D eigenvalue weighted by Gasteiger charge is 2.11. The van der Waals surface area contributed by atoms with Gasteiger partial charge >= 0.3 is 0 Å². The molecule has 3 N–H and O–H groups in total. The number of aliphatic hydroxyl groups is 2. The summed E-state index contributed by atoms with van der Waals surface area (Å²) >= 11 is 1.44. The van der Waals surface area contributed by atoms with E-state index < -0.39 is 6.10 Å². The molecular weight excluding hydrogens is 200 g/mol. The Balaban J connectivity index is 2.26. The third-order valence-corrected chi connectivity index (χ3v) is 2.76. The van der Waals surface area contributed by atoms with Gasteiger partial charge in [0, 0.05) is 11.6 Å². The molecular formula is C9H10N2O2S.